The molecule has 0 atom stereocenters. The second-order valence-electron chi connectivity index (χ2n) is 3.33. The van der Waals surface area contributed by atoms with Gasteiger partial charge in [0.2, 0.25) is 5.91 Å². The Labute approximate surface area is 112 Å². The summed E-state index contributed by atoms with van der Waals surface area (Å²) < 4.78 is 0.774. The summed E-state index contributed by atoms with van der Waals surface area (Å²) in [6, 6.07) is 4.94. The van der Waals surface area contributed by atoms with Crippen LogP contribution < -0.4 is 5.32 Å². The van der Waals surface area contributed by atoms with E-state index in [-0.39, 0.29) is 17.7 Å². The molecule has 6 heteroatoms. The fourth-order valence-corrected chi connectivity index (χ4v) is 2.11. The molecule has 0 aromatic heterocycles. The van der Waals surface area contributed by atoms with Crippen LogP contribution >= 0.6 is 22.6 Å². The molecular formula is C11H9IN2O3. The van der Waals surface area contributed by atoms with E-state index in [0.29, 0.717) is 5.56 Å². The predicted octanol–water partition coefficient (Wildman–Crippen LogP) is 2.15. The zero-order chi connectivity index (χ0) is 13.0. The molecule has 88 valence electrons. The number of carboxylic acid groups (broad SMARTS) is 1. The van der Waals surface area contributed by atoms with Gasteiger partial charge in [0.05, 0.1) is 17.3 Å². The van der Waals surface area contributed by atoms with Crippen molar-refractivity contribution in [1.29, 1.82) is 5.26 Å². The largest absolute Gasteiger partial charge is 0.478 e. The van der Waals surface area contributed by atoms with Gasteiger partial charge in [0.1, 0.15) is 6.42 Å². The Bertz CT molecular complexity index is 520. The minimum atomic E-state index is -1.11. The van der Waals surface area contributed by atoms with E-state index in [0.717, 1.165) is 3.57 Å². The molecule has 0 aliphatic heterocycles. The van der Waals surface area contributed by atoms with Crippen molar-refractivity contribution < 1.29 is 14.7 Å². The van der Waals surface area contributed by atoms with Crippen LogP contribution in [0.4, 0.5) is 5.69 Å². The summed E-state index contributed by atoms with van der Waals surface area (Å²) in [5, 5.41) is 19.9. The number of nitrogens with zero attached hydrogens (tertiary/aromatic N) is 1. The molecule has 17 heavy (non-hydrogen) atoms. The summed E-state index contributed by atoms with van der Waals surface area (Å²) in [6.07, 6.45) is -0.301. The maximum atomic E-state index is 11.3. The molecular weight excluding hydrogens is 335 g/mol. The second-order valence-corrected chi connectivity index (χ2v) is 4.58. The van der Waals surface area contributed by atoms with Gasteiger partial charge in [-0.2, -0.15) is 5.26 Å². The highest BCUT2D eigenvalue weighted by molar-refractivity contribution is 14.1. The van der Waals surface area contributed by atoms with E-state index in [1.807, 2.05) is 22.6 Å². The Morgan fingerprint density at radius 2 is 2.18 bits per heavy atom. The van der Waals surface area contributed by atoms with Crippen LogP contribution in [0, 0.1) is 21.8 Å². The van der Waals surface area contributed by atoms with E-state index in [2.05, 4.69) is 5.32 Å². The number of anilines is 1. The van der Waals surface area contributed by atoms with Gasteiger partial charge < -0.3 is 10.4 Å². The molecule has 0 saturated carbocycles. The van der Waals surface area contributed by atoms with Gasteiger partial charge in [-0.15, -0.1) is 0 Å². The van der Waals surface area contributed by atoms with Crippen LogP contribution in [0.2, 0.25) is 0 Å². The lowest BCUT2D eigenvalue weighted by Crippen LogP contribution is -2.15. The van der Waals surface area contributed by atoms with Crippen LogP contribution in [0.1, 0.15) is 22.3 Å². The predicted molar refractivity (Wildman–Crippen MR) is 69.7 cm³/mol. The van der Waals surface area contributed by atoms with Crippen molar-refractivity contribution in [3.05, 3.63) is 26.8 Å². The number of carbonyl (C=O) groups excluding carboxylic acids is 1. The van der Waals surface area contributed by atoms with E-state index < -0.39 is 11.9 Å². The number of hydrogen-bond donors (Lipinski definition) is 2. The third kappa shape index (κ3) is 3.42. The number of rotatable bonds is 3. The van der Waals surface area contributed by atoms with Gasteiger partial charge in [0, 0.05) is 3.57 Å². The highest BCUT2D eigenvalue weighted by Gasteiger charge is 2.15. The van der Waals surface area contributed by atoms with E-state index >= 15 is 0 Å². The molecule has 0 unspecified atom stereocenters. The maximum absolute atomic E-state index is 11.3. The highest BCUT2D eigenvalue weighted by Crippen LogP contribution is 2.24. The smallest absolute Gasteiger partial charge is 0.337 e. The van der Waals surface area contributed by atoms with Gasteiger partial charge in [-0.25, -0.2) is 4.79 Å². The Kier molecular flexibility index (Phi) is 4.45. The second kappa shape index (κ2) is 5.63. The fourth-order valence-electron chi connectivity index (χ4n) is 1.33. The zero-order valence-electron chi connectivity index (χ0n) is 8.95. The lowest BCUT2D eigenvalue weighted by molar-refractivity contribution is -0.115. The summed E-state index contributed by atoms with van der Waals surface area (Å²) in [6.45, 7) is 1.70. The minimum absolute atomic E-state index is 0.0284. The van der Waals surface area contributed by atoms with Gasteiger partial charge in [0.15, 0.2) is 0 Å². The van der Waals surface area contributed by atoms with Gasteiger partial charge in [-0.3, -0.25) is 4.79 Å². The van der Waals surface area contributed by atoms with Crippen LogP contribution in [0.3, 0.4) is 0 Å². The normalized spacial score (nSPS) is 9.47. The van der Waals surface area contributed by atoms with Crippen LogP contribution in [0.25, 0.3) is 0 Å². The Morgan fingerprint density at radius 3 is 2.71 bits per heavy atom. The fraction of sp³-hybridized carbons (Fsp3) is 0.182. The lowest BCUT2D eigenvalue weighted by Gasteiger charge is -2.11. The SMILES string of the molecule is Cc1cc(I)cc(C(=O)O)c1NC(=O)CC#N. The Morgan fingerprint density at radius 1 is 1.53 bits per heavy atom. The molecule has 1 aromatic carbocycles. The molecule has 1 aromatic rings. The van der Waals surface area contributed by atoms with Crippen LogP contribution in [0.5, 0.6) is 0 Å². The highest BCUT2D eigenvalue weighted by atomic mass is 127. The lowest BCUT2D eigenvalue weighted by atomic mass is 10.1. The number of nitriles is 1. The first-order chi connectivity index (χ1) is 7.95. The number of aromatic carboxylic acids is 1. The molecule has 2 N–H and O–H groups in total. The number of benzene rings is 1. The number of carboxylic acids is 1. The van der Waals surface area contributed by atoms with Crippen LogP contribution in [0.15, 0.2) is 12.1 Å². The average molecular weight is 344 g/mol. The monoisotopic (exact) mass is 344 g/mol. The van der Waals surface area contributed by atoms with Gasteiger partial charge >= 0.3 is 5.97 Å². The van der Waals surface area contributed by atoms with E-state index in [1.54, 1.807) is 19.1 Å². The van der Waals surface area contributed by atoms with Crippen molar-refractivity contribution in [1.82, 2.24) is 0 Å². The van der Waals surface area contributed by atoms with Crippen molar-refractivity contribution in [2.24, 2.45) is 0 Å². The zero-order valence-corrected chi connectivity index (χ0v) is 11.1. The Hall–Kier alpha value is -1.62. The average Bonchev–Trinajstić information content (AvgIpc) is 2.21. The number of halogens is 1. The molecule has 0 aliphatic carbocycles. The minimum Gasteiger partial charge on any atom is -0.478 e. The first-order valence-electron chi connectivity index (χ1n) is 4.66. The number of hydrogen-bond acceptors (Lipinski definition) is 3. The third-order valence-corrected chi connectivity index (χ3v) is 2.66. The summed E-state index contributed by atoms with van der Waals surface area (Å²) in [5.41, 5.74) is 0.930. The molecule has 0 fully saturated rings. The maximum Gasteiger partial charge on any atom is 0.337 e. The topological polar surface area (TPSA) is 90.2 Å². The van der Waals surface area contributed by atoms with E-state index in [9.17, 15) is 9.59 Å². The molecule has 5 nitrogen and oxygen atoms in total. The number of amides is 1. The molecule has 1 rings (SSSR count). The van der Waals surface area contributed by atoms with Crippen LogP contribution in [-0.2, 0) is 4.79 Å². The van der Waals surface area contributed by atoms with Crippen molar-refractivity contribution in [2.75, 3.05) is 5.32 Å². The molecule has 0 heterocycles. The van der Waals surface area contributed by atoms with Crippen molar-refractivity contribution in [2.45, 2.75) is 13.3 Å². The molecule has 0 aliphatic rings. The quantitative estimate of drug-likeness (QED) is 0.822. The van der Waals surface area contributed by atoms with Crippen molar-refractivity contribution >= 4 is 40.2 Å². The van der Waals surface area contributed by atoms with Crippen molar-refractivity contribution in [3.63, 3.8) is 0 Å². The van der Waals surface area contributed by atoms with Gasteiger partial charge in [0.25, 0.3) is 0 Å². The standard InChI is InChI=1S/C11H9IN2O3/c1-6-4-7(12)5-8(11(16)17)10(6)14-9(15)2-3-13/h4-5H,2H2,1H3,(H,14,15)(H,16,17). The summed E-state index contributed by atoms with van der Waals surface area (Å²) in [5.74, 6) is -1.63. The first kappa shape index (κ1) is 13.4. The van der Waals surface area contributed by atoms with Crippen molar-refractivity contribution in [3.8, 4) is 6.07 Å². The molecule has 0 saturated heterocycles. The summed E-state index contributed by atoms with van der Waals surface area (Å²) >= 11 is 2.00. The number of aryl methyl sites for hydroxylation is 1. The molecule has 0 radical (unpaired) electrons. The van der Waals surface area contributed by atoms with Gasteiger partial charge in [-0.05, 0) is 47.2 Å². The third-order valence-electron chi connectivity index (χ3n) is 2.03. The van der Waals surface area contributed by atoms with Crippen LogP contribution in [-0.4, -0.2) is 17.0 Å². The number of nitrogens with one attached hydrogen (secondary N) is 1. The number of carbonyl (C=O) groups is 2. The summed E-state index contributed by atoms with van der Waals surface area (Å²) in [7, 11) is 0. The summed E-state index contributed by atoms with van der Waals surface area (Å²) in [4.78, 5) is 22.3. The van der Waals surface area contributed by atoms with Gasteiger partial charge in [-0.1, -0.05) is 0 Å². The van der Waals surface area contributed by atoms with E-state index in [1.165, 1.54) is 6.07 Å². The van der Waals surface area contributed by atoms with E-state index in [4.69, 9.17) is 10.4 Å². The molecule has 0 spiro atoms. The Balaban J connectivity index is 3.18. The molecule has 1 amide bonds. The molecule has 0 bridgehead atoms. The first-order valence-corrected chi connectivity index (χ1v) is 5.74.